The van der Waals surface area contributed by atoms with E-state index in [9.17, 15) is 9.18 Å². The lowest BCUT2D eigenvalue weighted by Crippen LogP contribution is -2.17. The first-order valence-electron chi connectivity index (χ1n) is 5.60. The molecule has 0 fully saturated rings. The van der Waals surface area contributed by atoms with Crippen LogP contribution in [-0.4, -0.2) is 12.1 Å². The predicted molar refractivity (Wildman–Crippen MR) is 83.3 cm³/mol. The fraction of sp³-hybridized carbons (Fsp3) is 0. The van der Waals surface area contributed by atoms with Gasteiger partial charge >= 0.3 is 0 Å². The minimum Gasteiger partial charge on any atom is -0.267 e. The summed E-state index contributed by atoms with van der Waals surface area (Å²) in [4.78, 5) is 11.8. The highest BCUT2D eigenvalue weighted by Gasteiger charge is 2.04. The number of carbonyl (C=O) groups excluding carboxylic acids is 1. The normalized spacial score (nSPS) is 10.8. The molecule has 0 bridgehead atoms. The molecule has 0 spiro atoms. The minimum absolute atomic E-state index is 0.316. The third-order valence-corrected chi connectivity index (χ3v) is 3.51. The summed E-state index contributed by atoms with van der Waals surface area (Å²) >= 11 is 6.37. The lowest BCUT2D eigenvalue weighted by Gasteiger charge is -2.00. The molecular formula is C14H9Br2FN2O. The molecule has 2 rings (SSSR count). The highest BCUT2D eigenvalue weighted by Crippen LogP contribution is 2.15. The van der Waals surface area contributed by atoms with Crippen molar-refractivity contribution in [2.45, 2.75) is 0 Å². The molecule has 0 unspecified atom stereocenters. The van der Waals surface area contributed by atoms with Crippen molar-refractivity contribution >= 4 is 44.0 Å². The molecule has 0 heterocycles. The molecule has 20 heavy (non-hydrogen) atoms. The van der Waals surface area contributed by atoms with Crippen LogP contribution in [0.25, 0.3) is 0 Å². The number of benzene rings is 2. The summed E-state index contributed by atoms with van der Waals surface area (Å²) in [6.45, 7) is 0. The average Bonchev–Trinajstić information content (AvgIpc) is 2.42. The first kappa shape index (κ1) is 14.9. The van der Waals surface area contributed by atoms with Crippen LogP contribution in [-0.2, 0) is 0 Å². The van der Waals surface area contributed by atoms with Crippen LogP contribution in [0, 0.1) is 5.82 Å². The van der Waals surface area contributed by atoms with Gasteiger partial charge in [-0.25, -0.2) is 9.82 Å². The predicted octanol–water partition coefficient (Wildman–Crippen LogP) is 4.11. The molecule has 1 N–H and O–H groups in total. The van der Waals surface area contributed by atoms with Gasteiger partial charge in [0.05, 0.1) is 10.7 Å². The topological polar surface area (TPSA) is 41.5 Å². The molecule has 0 atom stereocenters. The van der Waals surface area contributed by atoms with Crippen molar-refractivity contribution in [3.8, 4) is 0 Å². The number of hydrazone groups is 1. The zero-order valence-corrected chi connectivity index (χ0v) is 13.3. The standard InChI is InChI=1S/C14H9Br2FN2O/c15-11-3-1-2-10(7-11)14(20)19-18-8-9-4-5-13(17)12(16)6-9/h1-8H,(H,19,20)/b18-8-. The highest BCUT2D eigenvalue weighted by atomic mass is 79.9. The largest absolute Gasteiger partial charge is 0.271 e. The Kier molecular flexibility index (Phi) is 5.03. The van der Waals surface area contributed by atoms with Crippen LogP contribution in [0.5, 0.6) is 0 Å². The van der Waals surface area contributed by atoms with E-state index in [2.05, 4.69) is 42.4 Å². The van der Waals surface area contributed by atoms with Crippen LogP contribution in [0.4, 0.5) is 4.39 Å². The monoisotopic (exact) mass is 398 g/mol. The molecule has 6 heteroatoms. The maximum Gasteiger partial charge on any atom is 0.271 e. The van der Waals surface area contributed by atoms with Crippen molar-refractivity contribution in [2.24, 2.45) is 5.10 Å². The van der Waals surface area contributed by atoms with E-state index in [0.717, 1.165) is 4.47 Å². The van der Waals surface area contributed by atoms with Gasteiger partial charge in [-0.05, 0) is 51.8 Å². The summed E-state index contributed by atoms with van der Waals surface area (Å²) in [5, 5.41) is 3.84. The van der Waals surface area contributed by atoms with E-state index in [1.54, 1.807) is 30.3 Å². The Bertz CT molecular complexity index is 674. The second kappa shape index (κ2) is 6.76. The Morgan fingerprint density at radius 1 is 1.20 bits per heavy atom. The van der Waals surface area contributed by atoms with E-state index < -0.39 is 0 Å². The van der Waals surface area contributed by atoms with Crippen molar-refractivity contribution < 1.29 is 9.18 Å². The maximum absolute atomic E-state index is 13.0. The van der Waals surface area contributed by atoms with Gasteiger partial charge in [0.15, 0.2) is 0 Å². The van der Waals surface area contributed by atoms with E-state index in [-0.39, 0.29) is 11.7 Å². The molecule has 102 valence electrons. The summed E-state index contributed by atoms with van der Waals surface area (Å²) in [7, 11) is 0. The van der Waals surface area contributed by atoms with Crippen LogP contribution in [0.15, 0.2) is 56.5 Å². The van der Waals surface area contributed by atoms with Gasteiger partial charge in [0.1, 0.15) is 5.82 Å². The third kappa shape index (κ3) is 3.98. The Balaban J connectivity index is 2.02. The Morgan fingerprint density at radius 2 is 2.00 bits per heavy atom. The number of nitrogens with one attached hydrogen (secondary N) is 1. The number of amides is 1. The molecule has 1 amide bonds. The van der Waals surface area contributed by atoms with E-state index in [1.807, 2.05) is 6.07 Å². The van der Waals surface area contributed by atoms with Gasteiger partial charge in [0.25, 0.3) is 5.91 Å². The summed E-state index contributed by atoms with van der Waals surface area (Å²) in [6, 6.07) is 11.4. The van der Waals surface area contributed by atoms with Crippen molar-refractivity contribution in [3.05, 3.63) is 68.4 Å². The van der Waals surface area contributed by atoms with Gasteiger partial charge in [0, 0.05) is 10.0 Å². The second-order valence-corrected chi connectivity index (χ2v) is 5.65. The smallest absolute Gasteiger partial charge is 0.267 e. The number of rotatable bonds is 3. The van der Waals surface area contributed by atoms with E-state index in [0.29, 0.717) is 15.6 Å². The molecular weight excluding hydrogens is 391 g/mol. The molecule has 2 aromatic rings. The lowest BCUT2D eigenvalue weighted by molar-refractivity contribution is 0.0955. The van der Waals surface area contributed by atoms with Crippen LogP contribution in [0.3, 0.4) is 0 Å². The summed E-state index contributed by atoms with van der Waals surface area (Å²) in [6.07, 6.45) is 1.44. The van der Waals surface area contributed by atoms with Crippen molar-refractivity contribution in [1.82, 2.24) is 5.43 Å². The first-order chi connectivity index (χ1) is 9.56. The molecule has 0 saturated heterocycles. The van der Waals surface area contributed by atoms with E-state index in [1.165, 1.54) is 12.3 Å². The number of nitrogens with zero attached hydrogens (tertiary/aromatic N) is 1. The highest BCUT2D eigenvalue weighted by molar-refractivity contribution is 9.10. The molecule has 0 saturated carbocycles. The maximum atomic E-state index is 13.0. The minimum atomic E-state index is -0.347. The van der Waals surface area contributed by atoms with E-state index in [4.69, 9.17) is 0 Å². The average molecular weight is 400 g/mol. The molecule has 0 aliphatic heterocycles. The summed E-state index contributed by atoms with van der Waals surface area (Å²) in [5.74, 6) is -0.663. The van der Waals surface area contributed by atoms with Crippen LogP contribution < -0.4 is 5.43 Å². The SMILES string of the molecule is O=C(N/N=C\c1ccc(F)c(Br)c1)c1cccc(Br)c1. The lowest BCUT2D eigenvalue weighted by atomic mass is 10.2. The van der Waals surface area contributed by atoms with Crippen molar-refractivity contribution in [2.75, 3.05) is 0 Å². The van der Waals surface area contributed by atoms with Crippen LogP contribution in [0.2, 0.25) is 0 Å². The van der Waals surface area contributed by atoms with Crippen LogP contribution in [0.1, 0.15) is 15.9 Å². The Morgan fingerprint density at radius 3 is 2.70 bits per heavy atom. The Hall–Kier alpha value is -1.53. The molecule has 2 aromatic carbocycles. The number of halogens is 3. The fourth-order valence-corrected chi connectivity index (χ4v) is 2.25. The first-order valence-corrected chi connectivity index (χ1v) is 7.19. The zero-order valence-electron chi connectivity index (χ0n) is 10.1. The van der Waals surface area contributed by atoms with E-state index >= 15 is 0 Å². The van der Waals surface area contributed by atoms with Crippen molar-refractivity contribution in [1.29, 1.82) is 0 Å². The number of hydrogen-bond acceptors (Lipinski definition) is 2. The summed E-state index contributed by atoms with van der Waals surface area (Å²) in [5.41, 5.74) is 3.58. The van der Waals surface area contributed by atoms with Gasteiger partial charge < -0.3 is 0 Å². The zero-order chi connectivity index (χ0) is 14.5. The van der Waals surface area contributed by atoms with Crippen LogP contribution >= 0.6 is 31.9 Å². The third-order valence-electron chi connectivity index (χ3n) is 2.41. The molecule has 0 aliphatic rings. The van der Waals surface area contributed by atoms with Gasteiger partial charge in [-0.15, -0.1) is 0 Å². The molecule has 0 aliphatic carbocycles. The fourth-order valence-electron chi connectivity index (χ4n) is 1.45. The van der Waals surface area contributed by atoms with Gasteiger partial charge in [0.2, 0.25) is 0 Å². The molecule has 0 aromatic heterocycles. The quantitative estimate of drug-likeness (QED) is 0.612. The molecule has 3 nitrogen and oxygen atoms in total. The van der Waals surface area contributed by atoms with Gasteiger partial charge in [-0.1, -0.05) is 28.1 Å². The Labute approximate surface area is 132 Å². The van der Waals surface area contributed by atoms with Gasteiger partial charge in [-0.3, -0.25) is 4.79 Å². The number of hydrogen-bond donors (Lipinski definition) is 1. The second-order valence-electron chi connectivity index (χ2n) is 3.88. The van der Waals surface area contributed by atoms with Gasteiger partial charge in [-0.2, -0.15) is 5.10 Å². The summed E-state index contributed by atoms with van der Waals surface area (Å²) < 4.78 is 14.2. The number of carbonyl (C=O) groups is 1. The molecule has 0 radical (unpaired) electrons. The van der Waals surface area contributed by atoms with Crippen molar-refractivity contribution in [3.63, 3.8) is 0 Å².